The SMILES string of the molecule is O=S1C=Cc2nc3ccccc3cc21. The van der Waals surface area contributed by atoms with Crippen LogP contribution in [0.25, 0.3) is 17.0 Å². The molecular formula is C11H7NOS. The summed E-state index contributed by atoms with van der Waals surface area (Å²) < 4.78 is 11.5. The molecule has 1 aliphatic rings. The van der Waals surface area contributed by atoms with Crippen molar-refractivity contribution < 1.29 is 4.21 Å². The fraction of sp³-hybridized carbons (Fsp3) is 0. The van der Waals surface area contributed by atoms with E-state index < -0.39 is 10.8 Å². The second kappa shape index (κ2) is 2.75. The van der Waals surface area contributed by atoms with Crippen molar-refractivity contribution in [2.75, 3.05) is 0 Å². The number of para-hydroxylation sites is 1. The maximum Gasteiger partial charge on any atom is 0.0808 e. The van der Waals surface area contributed by atoms with Crippen molar-refractivity contribution in [1.29, 1.82) is 0 Å². The zero-order valence-electron chi connectivity index (χ0n) is 7.31. The predicted octanol–water partition coefficient (Wildman–Crippen LogP) is 2.33. The molecule has 2 aromatic rings. The van der Waals surface area contributed by atoms with Crippen LogP contribution in [0.15, 0.2) is 40.6 Å². The Morgan fingerprint density at radius 1 is 1.21 bits per heavy atom. The fourth-order valence-electron chi connectivity index (χ4n) is 1.59. The number of aromatic nitrogens is 1. The Morgan fingerprint density at radius 2 is 2.07 bits per heavy atom. The van der Waals surface area contributed by atoms with Crippen LogP contribution < -0.4 is 0 Å². The number of rotatable bonds is 0. The van der Waals surface area contributed by atoms with E-state index in [2.05, 4.69) is 4.98 Å². The van der Waals surface area contributed by atoms with Gasteiger partial charge in [0.1, 0.15) is 0 Å². The Balaban J connectivity index is 2.42. The molecular weight excluding hydrogens is 194 g/mol. The van der Waals surface area contributed by atoms with Crippen LogP contribution in [-0.2, 0) is 10.8 Å². The van der Waals surface area contributed by atoms with Crippen LogP contribution in [0.2, 0.25) is 0 Å². The highest BCUT2D eigenvalue weighted by molar-refractivity contribution is 7.88. The van der Waals surface area contributed by atoms with Crippen LogP contribution in [0.5, 0.6) is 0 Å². The molecule has 0 amide bonds. The Labute approximate surface area is 83.7 Å². The van der Waals surface area contributed by atoms with Crippen LogP contribution in [0.1, 0.15) is 5.69 Å². The first-order valence-electron chi connectivity index (χ1n) is 4.33. The van der Waals surface area contributed by atoms with Gasteiger partial charge in [-0.05, 0) is 18.2 Å². The minimum Gasteiger partial charge on any atom is -0.250 e. The Bertz CT molecular complexity index is 575. The monoisotopic (exact) mass is 201 g/mol. The Kier molecular flexibility index (Phi) is 1.55. The molecule has 1 aromatic heterocycles. The third kappa shape index (κ3) is 1.02. The van der Waals surface area contributed by atoms with E-state index in [0.717, 1.165) is 21.5 Å². The number of nitrogens with zero attached hydrogens (tertiary/aromatic N) is 1. The second-order valence-corrected chi connectivity index (χ2v) is 4.47. The van der Waals surface area contributed by atoms with E-state index in [4.69, 9.17) is 0 Å². The van der Waals surface area contributed by atoms with Crippen molar-refractivity contribution in [3.05, 3.63) is 41.4 Å². The Hall–Kier alpha value is -1.48. The third-order valence-corrected chi connectivity index (χ3v) is 3.43. The normalized spacial score (nSPS) is 18.7. The molecule has 0 aliphatic carbocycles. The van der Waals surface area contributed by atoms with Gasteiger partial charge in [-0.1, -0.05) is 18.2 Å². The highest BCUT2D eigenvalue weighted by Crippen LogP contribution is 2.25. The smallest absolute Gasteiger partial charge is 0.0808 e. The molecule has 0 spiro atoms. The lowest BCUT2D eigenvalue weighted by atomic mass is 10.2. The molecule has 1 atom stereocenters. The Morgan fingerprint density at radius 3 is 3.00 bits per heavy atom. The van der Waals surface area contributed by atoms with Crippen molar-refractivity contribution in [1.82, 2.24) is 4.98 Å². The fourth-order valence-corrected chi connectivity index (χ4v) is 2.55. The lowest BCUT2D eigenvalue weighted by molar-refractivity contribution is 0.689. The lowest BCUT2D eigenvalue weighted by Gasteiger charge is -2.00. The van der Waals surface area contributed by atoms with Gasteiger partial charge in [0.2, 0.25) is 0 Å². The summed E-state index contributed by atoms with van der Waals surface area (Å²) in [6.07, 6.45) is 1.82. The van der Waals surface area contributed by atoms with E-state index in [1.165, 1.54) is 0 Å². The number of hydrogen-bond donors (Lipinski definition) is 0. The lowest BCUT2D eigenvalue weighted by Crippen LogP contribution is -1.89. The van der Waals surface area contributed by atoms with Crippen molar-refractivity contribution in [3.63, 3.8) is 0 Å². The van der Waals surface area contributed by atoms with Gasteiger partial charge in [0.25, 0.3) is 0 Å². The summed E-state index contributed by atoms with van der Waals surface area (Å²) in [6, 6.07) is 9.82. The quantitative estimate of drug-likeness (QED) is 0.654. The molecule has 1 unspecified atom stereocenters. The average Bonchev–Trinajstić information content (AvgIpc) is 2.57. The minimum absolute atomic E-state index is 0.823. The van der Waals surface area contributed by atoms with Gasteiger partial charge in [-0.15, -0.1) is 0 Å². The molecule has 3 rings (SSSR count). The first-order chi connectivity index (χ1) is 6.84. The summed E-state index contributed by atoms with van der Waals surface area (Å²) in [5, 5.41) is 2.72. The summed E-state index contributed by atoms with van der Waals surface area (Å²) in [5.41, 5.74) is 1.79. The van der Waals surface area contributed by atoms with Crippen molar-refractivity contribution >= 4 is 27.8 Å². The minimum atomic E-state index is -0.997. The highest BCUT2D eigenvalue weighted by atomic mass is 32.2. The van der Waals surface area contributed by atoms with E-state index in [1.807, 2.05) is 36.4 Å². The molecule has 0 radical (unpaired) electrons. The standard InChI is InChI=1S/C11H7NOS/c13-14-6-5-10-11(14)7-8-3-1-2-4-9(8)12-10/h1-7H. The summed E-state index contributed by atoms with van der Waals surface area (Å²) in [5.74, 6) is 0. The van der Waals surface area contributed by atoms with Crippen LogP contribution in [0.3, 0.4) is 0 Å². The molecule has 1 aliphatic heterocycles. The molecule has 0 saturated carbocycles. The van der Waals surface area contributed by atoms with Gasteiger partial charge in [-0.3, -0.25) is 0 Å². The maximum absolute atomic E-state index is 11.5. The largest absolute Gasteiger partial charge is 0.250 e. The number of pyridine rings is 1. The van der Waals surface area contributed by atoms with Crippen molar-refractivity contribution in [2.45, 2.75) is 4.90 Å². The first kappa shape index (κ1) is 7.88. The van der Waals surface area contributed by atoms with Crippen LogP contribution in [-0.4, -0.2) is 9.19 Å². The molecule has 68 valence electrons. The summed E-state index contributed by atoms with van der Waals surface area (Å²) >= 11 is 0. The zero-order valence-corrected chi connectivity index (χ0v) is 8.12. The van der Waals surface area contributed by atoms with Gasteiger partial charge >= 0.3 is 0 Å². The first-order valence-corrected chi connectivity index (χ1v) is 5.54. The van der Waals surface area contributed by atoms with Gasteiger partial charge < -0.3 is 0 Å². The molecule has 2 nitrogen and oxygen atoms in total. The van der Waals surface area contributed by atoms with Gasteiger partial charge in [0.05, 0.1) is 26.9 Å². The molecule has 0 fully saturated rings. The molecule has 14 heavy (non-hydrogen) atoms. The molecule has 0 saturated heterocycles. The third-order valence-electron chi connectivity index (χ3n) is 2.28. The van der Waals surface area contributed by atoms with Crippen LogP contribution in [0.4, 0.5) is 0 Å². The highest BCUT2D eigenvalue weighted by Gasteiger charge is 2.14. The van der Waals surface area contributed by atoms with Crippen LogP contribution in [0, 0.1) is 0 Å². The van der Waals surface area contributed by atoms with Crippen molar-refractivity contribution in [2.24, 2.45) is 0 Å². The molecule has 1 aromatic carbocycles. The predicted molar refractivity (Wildman–Crippen MR) is 57.2 cm³/mol. The molecule has 0 bridgehead atoms. The second-order valence-electron chi connectivity index (χ2n) is 3.16. The molecule has 0 N–H and O–H groups in total. The number of hydrogen-bond acceptors (Lipinski definition) is 2. The van der Waals surface area contributed by atoms with E-state index in [9.17, 15) is 4.21 Å². The molecule has 2 heterocycles. The van der Waals surface area contributed by atoms with Gasteiger partial charge in [0, 0.05) is 10.8 Å². The van der Waals surface area contributed by atoms with Crippen molar-refractivity contribution in [3.8, 4) is 0 Å². The maximum atomic E-state index is 11.5. The van der Waals surface area contributed by atoms with Gasteiger partial charge in [-0.25, -0.2) is 9.19 Å². The van der Waals surface area contributed by atoms with Gasteiger partial charge in [-0.2, -0.15) is 0 Å². The van der Waals surface area contributed by atoms with E-state index in [-0.39, 0.29) is 0 Å². The van der Waals surface area contributed by atoms with E-state index in [0.29, 0.717) is 0 Å². The summed E-state index contributed by atoms with van der Waals surface area (Å²) in [7, 11) is -0.997. The van der Waals surface area contributed by atoms with Crippen LogP contribution >= 0.6 is 0 Å². The topological polar surface area (TPSA) is 30.0 Å². The average molecular weight is 201 g/mol. The zero-order chi connectivity index (χ0) is 9.54. The summed E-state index contributed by atoms with van der Waals surface area (Å²) in [4.78, 5) is 5.25. The molecule has 3 heteroatoms. The van der Waals surface area contributed by atoms with Gasteiger partial charge in [0.15, 0.2) is 0 Å². The summed E-state index contributed by atoms with van der Waals surface area (Å²) in [6.45, 7) is 0. The number of benzene rings is 1. The van der Waals surface area contributed by atoms with E-state index >= 15 is 0 Å². The number of fused-ring (bicyclic) bond motifs is 2. The van der Waals surface area contributed by atoms with E-state index in [1.54, 1.807) is 5.41 Å².